The first kappa shape index (κ1) is 20.5. The van der Waals surface area contributed by atoms with Gasteiger partial charge in [0, 0.05) is 18.7 Å². The number of amides is 1. The molecule has 0 unspecified atom stereocenters. The van der Waals surface area contributed by atoms with Crippen molar-refractivity contribution in [2.45, 2.75) is 33.8 Å². The summed E-state index contributed by atoms with van der Waals surface area (Å²) in [6, 6.07) is 14.1. The summed E-state index contributed by atoms with van der Waals surface area (Å²) in [7, 11) is 0. The Hall–Kier alpha value is -3.28. The Morgan fingerprint density at radius 1 is 0.931 bits per heavy atom. The van der Waals surface area contributed by atoms with Gasteiger partial charge in [0.25, 0.3) is 5.91 Å². The predicted molar refractivity (Wildman–Crippen MR) is 112 cm³/mol. The second kappa shape index (κ2) is 8.82. The van der Waals surface area contributed by atoms with Crippen LogP contribution in [0.2, 0.25) is 0 Å². The van der Waals surface area contributed by atoms with Crippen LogP contribution >= 0.6 is 0 Å². The van der Waals surface area contributed by atoms with Crippen molar-refractivity contribution in [2.24, 2.45) is 0 Å². The van der Waals surface area contributed by atoms with Crippen molar-refractivity contribution in [1.29, 1.82) is 0 Å². The lowest BCUT2D eigenvalue weighted by molar-refractivity contribution is -0.140. The molecule has 0 saturated heterocycles. The minimum absolute atomic E-state index is 0.235. The first-order chi connectivity index (χ1) is 13.9. The highest BCUT2D eigenvalue weighted by atomic mass is 16.5. The van der Waals surface area contributed by atoms with Gasteiger partial charge in [0.05, 0.1) is 28.0 Å². The Bertz CT molecular complexity index is 1030. The van der Waals surface area contributed by atoms with Crippen LogP contribution in [-0.4, -0.2) is 39.8 Å². The summed E-state index contributed by atoms with van der Waals surface area (Å²) in [5, 5.41) is 0. The first-order valence-electron chi connectivity index (χ1n) is 9.74. The number of aromatic nitrogens is 2. The standard InChI is InChI=1S/C23H25N3O3/c1-5-26(6-2)22(27)21(17-10-8-7-9-11-17)29-23(28)18-12-13-19-20(14-18)25-16(4)15(3)24-19/h7-14,21H,5-6H2,1-4H3/t21-/m1/s1. The molecule has 1 heterocycles. The number of esters is 1. The number of carbonyl (C=O) groups is 2. The van der Waals surface area contributed by atoms with Gasteiger partial charge in [-0.05, 0) is 45.9 Å². The van der Waals surface area contributed by atoms with Gasteiger partial charge in [-0.3, -0.25) is 4.79 Å². The summed E-state index contributed by atoms with van der Waals surface area (Å²) in [5.74, 6) is -0.803. The Morgan fingerprint density at radius 3 is 2.17 bits per heavy atom. The maximum Gasteiger partial charge on any atom is 0.339 e. The molecule has 0 saturated carbocycles. The number of benzene rings is 2. The zero-order valence-corrected chi connectivity index (χ0v) is 17.2. The van der Waals surface area contributed by atoms with Crippen molar-refractivity contribution in [2.75, 3.05) is 13.1 Å². The van der Waals surface area contributed by atoms with Gasteiger partial charge in [-0.15, -0.1) is 0 Å². The van der Waals surface area contributed by atoms with Crippen molar-refractivity contribution in [3.8, 4) is 0 Å². The minimum Gasteiger partial charge on any atom is -0.444 e. The highest BCUT2D eigenvalue weighted by Gasteiger charge is 2.28. The summed E-state index contributed by atoms with van der Waals surface area (Å²) in [6.45, 7) is 8.66. The number of carbonyl (C=O) groups excluding carboxylic acids is 2. The van der Waals surface area contributed by atoms with Gasteiger partial charge >= 0.3 is 5.97 Å². The lowest BCUT2D eigenvalue weighted by Gasteiger charge is -2.25. The lowest BCUT2D eigenvalue weighted by atomic mass is 10.1. The predicted octanol–water partition coefficient (Wildman–Crippen LogP) is 4.01. The van der Waals surface area contributed by atoms with Crippen molar-refractivity contribution in [3.63, 3.8) is 0 Å². The molecule has 0 aliphatic heterocycles. The molecule has 6 heteroatoms. The van der Waals surface area contributed by atoms with Crippen LogP contribution < -0.4 is 0 Å². The number of aryl methyl sites for hydroxylation is 2. The fraction of sp³-hybridized carbons (Fsp3) is 0.304. The number of ether oxygens (including phenoxy) is 1. The highest BCUT2D eigenvalue weighted by Crippen LogP contribution is 2.23. The quantitative estimate of drug-likeness (QED) is 0.594. The van der Waals surface area contributed by atoms with E-state index < -0.39 is 12.1 Å². The van der Waals surface area contributed by atoms with Crippen LogP contribution in [0.3, 0.4) is 0 Å². The second-order valence-corrected chi connectivity index (χ2v) is 6.80. The molecule has 1 amide bonds. The zero-order valence-electron chi connectivity index (χ0n) is 17.2. The van der Waals surface area contributed by atoms with E-state index in [1.807, 2.05) is 45.9 Å². The monoisotopic (exact) mass is 391 g/mol. The molecular formula is C23H25N3O3. The van der Waals surface area contributed by atoms with Crippen LogP contribution in [0.25, 0.3) is 11.0 Å². The van der Waals surface area contributed by atoms with Gasteiger partial charge in [0.1, 0.15) is 0 Å². The van der Waals surface area contributed by atoms with E-state index in [1.54, 1.807) is 35.2 Å². The third-order valence-electron chi connectivity index (χ3n) is 4.94. The molecule has 1 atom stereocenters. The Balaban J connectivity index is 1.93. The number of hydrogen-bond acceptors (Lipinski definition) is 5. The first-order valence-corrected chi connectivity index (χ1v) is 9.74. The average Bonchev–Trinajstić information content (AvgIpc) is 2.73. The minimum atomic E-state index is -0.995. The normalized spacial score (nSPS) is 11.9. The van der Waals surface area contributed by atoms with Crippen molar-refractivity contribution < 1.29 is 14.3 Å². The molecule has 0 fully saturated rings. The number of nitrogens with zero attached hydrogens (tertiary/aromatic N) is 3. The molecule has 2 aromatic carbocycles. The van der Waals surface area contributed by atoms with E-state index in [9.17, 15) is 9.59 Å². The van der Waals surface area contributed by atoms with E-state index in [-0.39, 0.29) is 5.91 Å². The lowest BCUT2D eigenvalue weighted by Crippen LogP contribution is -2.36. The van der Waals surface area contributed by atoms with Gasteiger partial charge in [0.2, 0.25) is 6.10 Å². The Labute approximate surface area is 170 Å². The van der Waals surface area contributed by atoms with E-state index in [2.05, 4.69) is 9.97 Å². The summed E-state index contributed by atoms with van der Waals surface area (Å²) in [5.41, 5.74) is 3.97. The molecule has 6 nitrogen and oxygen atoms in total. The third-order valence-corrected chi connectivity index (χ3v) is 4.94. The number of fused-ring (bicyclic) bond motifs is 1. The van der Waals surface area contributed by atoms with E-state index in [1.165, 1.54) is 0 Å². The molecular weight excluding hydrogens is 366 g/mol. The van der Waals surface area contributed by atoms with Crippen molar-refractivity contribution >= 4 is 22.9 Å². The second-order valence-electron chi connectivity index (χ2n) is 6.80. The van der Waals surface area contributed by atoms with Crippen molar-refractivity contribution in [1.82, 2.24) is 14.9 Å². The molecule has 0 bridgehead atoms. The van der Waals surface area contributed by atoms with Gasteiger partial charge in [-0.1, -0.05) is 30.3 Å². The van der Waals surface area contributed by atoms with Gasteiger partial charge in [0.15, 0.2) is 0 Å². The molecule has 3 aromatic rings. The summed E-state index contributed by atoms with van der Waals surface area (Å²) in [6.07, 6.45) is -0.995. The molecule has 0 aliphatic carbocycles. The van der Waals surface area contributed by atoms with Crippen LogP contribution in [0.1, 0.15) is 47.3 Å². The van der Waals surface area contributed by atoms with Gasteiger partial charge < -0.3 is 9.64 Å². The van der Waals surface area contributed by atoms with Crippen LogP contribution in [0.4, 0.5) is 0 Å². The Morgan fingerprint density at radius 2 is 1.55 bits per heavy atom. The Kier molecular flexibility index (Phi) is 6.22. The topological polar surface area (TPSA) is 72.4 Å². The van der Waals surface area contributed by atoms with Crippen molar-refractivity contribution in [3.05, 3.63) is 71.0 Å². The van der Waals surface area contributed by atoms with Gasteiger partial charge in [-0.25, -0.2) is 14.8 Å². The highest BCUT2D eigenvalue weighted by molar-refractivity contribution is 5.95. The smallest absolute Gasteiger partial charge is 0.339 e. The molecule has 0 spiro atoms. The largest absolute Gasteiger partial charge is 0.444 e. The van der Waals surface area contributed by atoms with E-state index in [4.69, 9.17) is 4.74 Å². The molecule has 0 radical (unpaired) electrons. The zero-order chi connectivity index (χ0) is 21.0. The van der Waals surface area contributed by atoms with E-state index >= 15 is 0 Å². The maximum atomic E-state index is 13.0. The third kappa shape index (κ3) is 4.42. The fourth-order valence-corrected chi connectivity index (χ4v) is 3.12. The molecule has 1 aromatic heterocycles. The number of hydrogen-bond donors (Lipinski definition) is 0. The average molecular weight is 391 g/mol. The molecule has 150 valence electrons. The summed E-state index contributed by atoms with van der Waals surface area (Å²) >= 11 is 0. The van der Waals surface area contributed by atoms with E-state index in [0.29, 0.717) is 35.2 Å². The number of likely N-dealkylation sites (N-methyl/N-ethyl adjacent to an activating group) is 1. The maximum absolute atomic E-state index is 13.0. The molecule has 0 N–H and O–H groups in total. The van der Waals surface area contributed by atoms with Gasteiger partial charge in [-0.2, -0.15) is 0 Å². The van der Waals surface area contributed by atoms with Crippen LogP contribution in [0.15, 0.2) is 48.5 Å². The molecule has 29 heavy (non-hydrogen) atoms. The van der Waals surface area contributed by atoms with Crippen LogP contribution in [-0.2, 0) is 9.53 Å². The van der Waals surface area contributed by atoms with Crippen LogP contribution in [0, 0.1) is 13.8 Å². The molecule has 0 aliphatic rings. The summed E-state index contributed by atoms with van der Waals surface area (Å²) in [4.78, 5) is 36.5. The molecule has 3 rings (SSSR count). The van der Waals surface area contributed by atoms with Crippen LogP contribution in [0.5, 0.6) is 0 Å². The van der Waals surface area contributed by atoms with E-state index in [0.717, 1.165) is 11.4 Å². The fourth-order valence-electron chi connectivity index (χ4n) is 3.12. The SMILES string of the molecule is CCN(CC)C(=O)[C@H](OC(=O)c1ccc2nc(C)c(C)nc2c1)c1ccccc1. The summed E-state index contributed by atoms with van der Waals surface area (Å²) < 4.78 is 5.69. The number of rotatable bonds is 6.